The molecule has 3 N–H and O–H groups in total. The van der Waals surface area contributed by atoms with Crippen LogP contribution < -0.4 is 15.4 Å². The summed E-state index contributed by atoms with van der Waals surface area (Å²) in [7, 11) is 3.70. The molecule has 0 saturated carbocycles. The second-order valence-electron chi connectivity index (χ2n) is 7.13. The molecule has 6 nitrogen and oxygen atoms in total. The summed E-state index contributed by atoms with van der Waals surface area (Å²) in [5.74, 6) is 1.35. The Labute approximate surface area is 197 Å². The van der Waals surface area contributed by atoms with Crippen LogP contribution in [0.5, 0.6) is 11.5 Å². The quantitative estimate of drug-likeness (QED) is 0.248. The summed E-state index contributed by atoms with van der Waals surface area (Å²) in [5.41, 5.74) is 2.06. The van der Waals surface area contributed by atoms with Crippen molar-refractivity contribution < 1.29 is 9.84 Å². The van der Waals surface area contributed by atoms with Crippen molar-refractivity contribution in [2.75, 3.05) is 27.2 Å². The van der Waals surface area contributed by atoms with Crippen molar-refractivity contribution in [3.05, 3.63) is 59.7 Å². The molecular weight excluding hydrogens is 491 g/mol. The maximum atomic E-state index is 10.2. The fraction of sp³-hybridized carbons (Fsp3) is 0.435. The lowest BCUT2D eigenvalue weighted by Crippen LogP contribution is -2.40. The number of nitrogens with zero attached hydrogens (tertiary/aromatic N) is 2. The van der Waals surface area contributed by atoms with E-state index in [9.17, 15) is 5.11 Å². The Kier molecular flexibility index (Phi) is 12.2. The van der Waals surface area contributed by atoms with E-state index in [1.165, 1.54) is 5.56 Å². The Morgan fingerprint density at radius 2 is 1.87 bits per heavy atom. The molecule has 0 spiro atoms. The maximum absolute atomic E-state index is 10.2. The molecule has 2 rings (SSSR count). The molecule has 1 unspecified atom stereocenters. The number of rotatable bonds is 10. The van der Waals surface area contributed by atoms with Gasteiger partial charge in [0.05, 0.1) is 13.7 Å². The molecule has 0 fully saturated rings. The van der Waals surface area contributed by atoms with Gasteiger partial charge in [0.1, 0.15) is 0 Å². The minimum absolute atomic E-state index is 0. The first-order chi connectivity index (χ1) is 14.0. The number of phenolic OH excluding ortho intramolecular Hbond substituents is 1. The highest BCUT2D eigenvalue weighted by Gasteiger charge is 2.10. The molecular formula is C23H35IN4O2. The van der Waals surface area contributed by atoms with Crippen LogP contribution in [0.4, 0.5) is 0 Å². The van der Waals surface area contributed by atoms with Crippen LogP contribution in [0.3, 0.4) is 0 Å². The number of guanidine groups is 1. The summed E-state index contributed by atoms with van der Waals surface area (Å²) in [5, 5.41) is 16.9. The average molecular weight is 526 g/mol. The predicted octanol–water partition coefficient (Wildman–Crippen LogP) is 3.98. The zero-order valence-corrected chi connectivity index (χ0v) is 20.7. The summed E-state index contributed by atoms with van der Waals surface area (Å²) in [6.45, 7) is 7.18. The van der Waals surface area contributed by atoms with E-state index in [4.69, 9.17) is 4.74 Å². The molecule has 0 amide bonds. The van der Waals surface area contributed by atoms with E-state index in [1.54, 1.807) is 13.2 Å². The highest BCUT2D eigenvalue weighted by atomic mass is 127. The van der Waals surface area contributed by atoms with Crippen LogP contribution in [0, 0.1) is 0 Å². The van der Waals surface area contributed by atoms with Gasteiger partial charge in [-0.1, -0.05) is 42.5 Å². The summed E-state index contributed by atoms with van der Waals surface area (Å²) in [6.07, 6.45) is 0.998. The van der Waals surface area contributed by atoms with Crippen molar-refractivity contribution >= 4 is 29.9 Å². The molecule has 30 heavy (non-hydrogen) atoms. The first-order valence-electron chi connectivity index (χ1n) is 10.2. The van der Waals surface area contributed by atoms with Gasteiger partial charge in [-0.15, -0.1) is 24.0 Å². The van der Waals surface area contributed by atoms with Crippen molar-refractivity contribution in [1.29, 1.82) is 0 Å². The topological polar surface area (TPSA) is 69.1 Å². The molecule has 0 heterocycles. The molecule has 0 aliphatic heterocycles. The number of benzene rings is 2. The molecule has 0 bridgehead atoms. The monoisotopic (exact) mass is 526 g/mol. The van der Waals surface area contributed by atoms with Gasteiger partial charge in [0, 0.05) is 31.2 Å². The third-order valence-corrected chi connectivity index (χ3v) is 4.94. The maximum Gasteiger partial charge on any atom is 0.191 e. The number of ether oxygens (including phenoxy) is 1. The number of hydrogen-bond donors (Lipinski definition) is 3. The molecule has 0 radical (unpaired) electrons. The highest BCUT2D eigenvalue weighted by molar-refractivity contribution is 14.0. The Bertz CT molecular complexity index is 771. The summed E-state index contributed by atoms with van der Waals surface area (Å²) < 4.78 is 5.16. The molecule has 7 heteroatoms. The van der Waals surface area contributed by atoms with Gasteiger partial charge in [0.15, 0.2) is 17.5 Å². The van der Waals surface area contributed by atoms with Gasteiger partial charge in [-0.3, -0.25) is 4.90 Å². The fourth-order valence-electron chi connectivity index (χ4n) is 3.01. The van der Waals surface area contributed by atoms with Gasteiger partial charge >= 0.3 is 0 Å². The van der Waals surface area contributed by atoms with Crippen molar-refractivity contribution in [1.82, 2.24) is 15.5 Å². The van der Waals surface area contributed by atoms with Crippen molar-refractivity contribution in [2.24, 2.45) is 4.99 Å². The number of aliphatic imine (C=N–C) groups is 1. The van der Waals surface area contributed by atoms with Gasteiger partial charge in [-0.2, -0.15) is 0 Å². The lowest BCUT2D eigenvalue weighted by Gasteiger charge is -2.25. The Balaban J connectivity index is 0.00000450. The molecule has 166 valence electrons. The third kappa shape index (κ3) is 8.39. The van der Waals surface area contributed by atoms with E-state index >= 15 is 0 Å². The highest BCUT2D eigenvalue weighted by Crippen LogP contribution is 2.29. The number of phenols is 1. The zero-order valence-electron chi connectivity index (χ0n) is 18.4. The van der Waals surface area contributed by atoms with Crippen molar-refractivity contribution in [2.45, 2.75) is 39.4 Å². The average Bonchev–Trinajstić information content (AvgIpc) is 2.73. The first kappa shape index (κ1) is 26.0. The van der Waals surface area contributed by atoms with Crippen LogP contribution in [0.25, 0.3) is 0 Å². The van der Waals surface area contributed by atoms with Crippen LogP contribution >= 0.6 is 24.0 Å². The van der Waals surface area contributed by atoms with Crippen LogP contribution in [0.1, 0.15) is 31.4 Å². The van der Waals surface area contributed by atoms with Crippen LogP contribution in [0.2, 0.25) is 0 Å². The van der Waals surface area contributed by atoms with E-state index in [0.29, 0.717) is 18.3 Å². The standard InChI is InChI=1S/C23H34N4O2.HI/c1-5-24-23(26-16-20-12-9-13-21(29-4)22(20)28)25-15-14-18(2)27(3)17-19-10-7-6-8-11-19;/h6-13,18,28H,5,14-17H2,1-4H3,(H2,24,25,26);1H. The normalized spacial score (nSPS) is 12.2. The van der Waals surface area contributed by atoms with Crippen molar-refractivity contribution in [3.63, 3.8) is 0 Å². The fourth-order valence-corrected chi connectivity index (χ4v) is 3.01. The molecule has 0 aliphatic rings. The van der Waals surface area contributed by atoms with Crippen LogP contribution in [-0.4, -0.2) is 49.3 Å². The lowest BCUT2D eigenvalue weighted by atomic mass is 10.1. The number of halogens is 1. The van der Waals surface area contributed by atoms with E-state index in [2.05, 4.69) is 58.8 Å². The first-order valence-corrected chi connectivity index (χ1v) is 10.2. The van der Waals surface area contributed by atoms with E-state index in [-0.39, 0.29) is 29.7 Å². The Hall–Kier alpha value is -2.00. The minimum Gasteiger partial charge on any atom is -0.504 e. The predicted molar refractivity (Wildman–Crippen MR) is 135 cm³/mol. The second-order valence-corrected chi connectivity index (χ2v) is 7.13. The zero-order chi connectivity index (χ0) is 21.1. The molecule has 0 aromatic heterocycles. The van der Waals surface area contributed by atoms with E-state index in [0.717, 1.165) is 37.6 Å². The van der Waals surface area contributed by atoms with E-state index < -0.39 is 0 Å². The summed E-state index contributed by atoms with van der Waals surface area (Å²) in [4.78, 5) is 6.95. The summed E-state index contributed by atoms with van der Waals surface area (Å²) >= 11 is 0. The van der Waals surface area contributed by atoms with Gasteiger partial charge in [0.2, 0.25) is 0 Å². The van der Waals surface area contributed by atoms with Gasteiger partial charge in [-0.25, -0.2) is 4.99 Å². The minimum atomic E-state index is 0. The smallest absolute Gasteiger partial charge is 0.191 e. The van der Waals surface area contributed by atoms with Gasteiger partial charge < -0.3 is 20.5 Å². The second kappa shape index (κ2) is 14.1. The SMILES string of the molecule is CCNC(=NCc1cccc(OC)c1O)NCCC(C)N(C)Cc1ccccc1.I. The molecule has 1 atom stereocenters. The molecule has 0 aliphatic carbocycles. The largest absolute Gasteiger partial charge is 0.504 e. The Morgan fingerprint density at radius 3 is 2.53 bits per heavy atom. The Morgan fingerprint density at radius 1 is 1.13 bits per heavy atom. The van der Waals surface area contributed by atoms with E-state index in [1.807, 2.05) is 25.1 Å². The number of para-hydroxylation sites is 1. The number of nitrogens with one attached hydrogen (secondary N) is 2. The number of hydrogen-bond acceptors (Lipinski definition) is 4. The molecule has 2 aromatic carbocycles. The van der Waals surface area contributed by atoms with Gasteiger partial charge in [-0.05, 0) is 38.9 Å². The molecule has 0 saturated heterocycles. The number of aromatic hydroxyl groups is 1. The molecule has 2 aromatic rings. The van der Waals surface area contributed by atoms with Gasteiger partial charge in [0.25, 0.3) is 0 Å². The van der Waals surface area contributed by atoms with Crippen LogP contribution in [0.15, 0.2) is 53.5 Å². The number of methoxy groups -OCH3 is 1. The summed E-state index contributed by atoms with van der Waals surface area (Å²) in [6, 6.07) is 16.4. The third-order valence-electron chi connectivity index (χ3n) is 4.94. The lowest BCUT2D eigenvalue weighted by molar-refractivity contribution is 0.238. The van der Waals surface area contributed by atoms with Crippen LogP contribution in [-0.2, 0) is 13.1 Å². The van der Waals surface area contributed by atoms with Crippen molar-refractivity contribution in [3.8, 4) is 11.5 Å².